The molecule has 2 aromatic carbocycles. The van der Waals surface area contributed by atoms with Gasteiger partial charge in [0.15, 0.2) is 0 Å². The lowest BCUT2D eigenvalue weighted by atomic mass is 10.1. The van der Waals surface area contributed by atoms with Crippen LogP contribution in [0.15, 0.2) is 57.5 Å². The Hall–Kier alpha value is -1.98. The average molecular weight is 344 g/mol. The summed E-state index contributed by atoms with van der Waals surface area (Å²) in [5.41, 5.74) is 9.15. The lowest BCUT2D eigenvalue weighted by Crippen LogP contribution is -2.11. The maximum absolute atomic E-state index is 6.16. The van der Waals surface area contributed by atoms with Crippen molar-refractivity contribution in [1.29, 1.82) is 0 Å². The van der Waals surface area contributed by atoms with Crippen LogP contribution in [0, 0.1) is 6.92 Å². The molecular weight excluding hydrogens is 330 g/mol. The summed E-state index contributed by atoms with van der Waals surface area (Å²) in [5.74, 6) is 0.937. The molecule has 4 nitrogen and oxygen atoms in total. The second-order valence-electron chi connectivity index (χ2n) is 4.83. The molecule has 21 heavy (non-hydrogen) atoms. The van der Waals surface area contributed by atoms with Gasteiger partial charge in [0.1, 0.15) is 6.04 Å². The summed E-state index contributed by atoms with van der Waals surface area (Å²) >= 11 is 3.52. The molecule has 0 amide bonds. The number of nitrogens with zero attached hydrogens (tertiary/aromatic N) is 2. The first kappa shape index (κ1) is 14.0. The van der Waals surface area contributed by atoms with Gasteiger partial charge in [-0.15, -0.1) is 0 Å². The molecule has 5 heteroatoms. The molecule has 1 atom stereocenters. The van der Waals surface area contributed by atoms with E-state index >= 15 is 0 Å². The first-order chi connectivity index (χ1) is 10.1. The number of nitrogens with two attached hydrogens (primary N) is 1. The van der Waals surface area contributed by atoms with E-state index in [2.05, 4.69) is 26.1 Å². The van der Waals surface area contributed by atoms with Gasteiger partial charge in [0, 0.05) is 10.0 Å². The summed E-state index contributed by atoms with van der Waals surface area (Å²) in [6.07, 6.45) is 0. The smallest absolute Gasteiger partial charge is 0.248 e. The number of hydrogen-bond donors (Lipinski definition) is 1. The SMILES string of the molecule is Cc1ccc(-c2noc(C(N)c3ccccc3)n2)c(Br)c1. The standard InChI is InChI=1S/C16H14BrN3O/c1-10-7-8-12(13(17)9-10)15-19-16(21-20-15)14(18)11-5-3-2-4-6-11/h2-9,14H,18H2,1H3. The molecule has 0 radical (unpaired) electrons. The summed E-state index contributed by atoms with van der Waals surface area (Å²) in [7, 11) is 0. The predicted octanol–water partition coefficient (Wildman–Crippen LogP) is 3.86. The topological polar surface area (TPSA) is 64.9 Å². The maximum atomic E-state index is 6.16. The maximum Gasteiger partial charge on any atom is 0.248 e. The summed E-state index contributed by atoms with van der Waals surface area (Å²) in [4.78, 5) is 4.41. The van der Waals surface area contributed by atoms with Crippen LogP contribution < -0.4 is 5.73 Å². The van der Waals surface area contributed by atoms with Crippen LogP contribution >= 0.6 is 15.9 Å². The summed E-state index contributed by atoms with van der Waals surface area (Å²) < 4.78 is 6.25. The molecule has 1 unspecified atom stereocenters. The van der Waals surface area contributed by atoms with Crippen molar-refractivity contribution in [2.75, 3.05) is 0 Å². The Balaban J connectivity index is 1.93. The van der Waals surface area contributed by atoms with Crippen molar-refractivity contribution in [3.63, 3.8) is 0 Å². The van der Waals surface area contributed by atoms with Gasteiger partial charge in [-0.25, -0.2) is 0 Å². The van der Waals surface area contributed by atoms with E-state index in [4.69, 9.17) is 10.3 Å². The van der Waals surface area contributed by atoms with Crippen molar-refractivity contribution in [1.82, 2.24) is 10.1 Å². The minimum absolute atomic E-state index is 0.406. The molecule has 0 aliphatic rings. The van der Waals surface area contributed by atoms with Crippen LogP contribution in [-0.2, 0) is 0 Å². The molecule has 0 fully saturated rings. The second-order valence-corrected chi connectivity index (χ2v) is 5.68. The Kier molecular flexibility index (Phi) is 3.86. The molecule has 0 saturated heterocycles. The predicted molar refractivity (Wildman–Crippen MR) is 84.6 cm³/mol. The van der Waals surface area contributed by atoms with Crippen LogP contribution in [0.3, 0.4) is 0 Å². The largest absolute Gasteiger partial charge is 0.337 e. The number of aryl methyl sites for hydroxylation is 1. The second kappa shape index (κ2) is 5.79. The zero-order valence-electron chi connectivity index (χ0n) is 11.5. The third kappa shape index (κ3) is 2.89. The molecule has 106 valence electrons. The number of halogens is 1. The lowest BCUT2D eigenvalue weighted by molar-refractivity contribution is 0.367. The molecule has 3 rings (SSSR count). The van der Waals surface area contributed by atoms with Crippen LogP contribution in [0.1, 0.15) is 23.1 Å². The minimum atomic E-state index is -0.420. The molecule has 2 N–H and O–H groups in total. The normalized spacial score (nSPS) is 12.3. The molecule has 1 heterocycles. The Bertz CT molecular complexity index is 755. The Morgan fingerprint density at radius 2 is 1.90 bits per heavy atom. The first-order valence-electron chi connectivity index (χ1n) is 6.56. The van der Waals surface area contributed by atoms with Gasteiger partial charge in [-0.2, -0.15) is 4.98 Å². The molecule has 0 aliphatic heterocycles. The number of benzene rings is 2. The summed E-state index contributed by atoms with van der Waals surface area (Å²) in [6.45, 7) is 2.03. The highest BCUT2D eigenvalue weighted by Crippen LogP contribution is 2.28. The quantitative estimate of drug-likeness (QED) is 0.784. The van der Waals surface area contributed by atoms with E-state index in [0.29, 0.717) is 11.7 Å². The molecule has 0 aliphatic carbocycles. The van der Waals surface area contributed by atoms with Crippen molar-refractivity contribution in [2.45, 2.75) is 13.0 Å². The van der Waals surface area contributed by atoms with Crippen molar-refractivity contribution < 1.29 is 4.52 Å². The average Bonchev–Trinajstić information content (AvgIpc) is 2.97. The van der Waals surface area contributed by atoms with Crippen LogP contribution in [0.25, 0.3) is 11.4 Å². The Morgan fingerprint density at radius 1 is 1.14 bits per heavy atom. The van der Waals surface area contributed by atoms with Crippen molar-refractivity contribution in [3.05, 3.63) is 70.0 Å². The Labute approximate surface area is 131 Å². The van der Waals surface area contributed by atoms with Gasteiger partial charge in [-0.1, -0.05) is 57.5 Å². The van der Waals surface area contributed by atoms with Gasteiger partial charge in [0.2, 0.25) is 11.7 Å². The van der Waals surface area contributed by atoms with Gasteiger partial charge in [0.25, 0.3) is 0 Å². The van der Waals surface area contributed by atoms with E-state index in [1.165, 1.54) is 0 Å². The number of aromatic nitrogens is 2. The number of hydrogen-bond acceptors (Lipinski definition) is 4. The minimum Gasteiger partial charge on any atom is -0.337 e. The highest BCUT2D eigenvalue weighted by molar-refractivity contribution is 9.10. The zero-order valence-corrected chi connectivity index (χ0v) is 13.0. The highest BCUT2D eigenvalue weighted by Gasteiger charge is 2.18. The van der Waals surface area contributed by atoms with Crippen molar-refractivity contribution in [3.8, 4) is 11.4 Å². The van der Waals surface area contributed by atoms with Gasteiger partial charge < -0.3 is 10.3 Å². The van der Waals surface area contributed by atoms with Crippen molar-refractivity contribution in [2.24, 2.45) is 5.73 Å². The fourth-order valence-electron chi connectivity index (χ4n) is 2.08. The molecule has 0 saturated carbocycles. The first-order valence-corrected chi connectivity index (χ1v) is 7.35. The molecule has 1 aromatic heterocycles. The highest BCUT2D eigenvalue weighted by atomic mass is 79.9. The van der Waals surface area contributed by atoms with Gasteiger partial charge >= 0.3 is 0 Å². The van der Waals surface area contributed by atoms with Gasteiger partial charge in [-0.3, -0.25) is 0 Å². The van der Waals surface area contributed by atoms with Crippen molar-refractivity contribution >= 4 is 15.9 Å². The van der Waals surface area contributed by atoms with E-state index in [9.17, 15) is 0 Å². The molecule has 3 aromatic rings. The van der Waals surface area contributed by atoms with E-state index in [-0.39, 0.29) is 0 Å². The van der Waals surface area contributed by atoms with Crippen LogP contribution in [-0.4, -0.2) is 10.1 Å². The third-order valence-corrected chi connectivity index (χ3v) is 3.89. The fourth-order valence-corrected chi connectivity index (χ4v) is 2.75. The number of rotatable bonds is 3. The summed E-state index contributed by atoms with van der Waals surface area (Å²) in [6, 6.07) is 15.3. The third-order valence-electron chi connectivity index (χ3n) is 3.23. The van der Waals surface area contributed by atoms with Crippen LogP contribution in [0.2, 0.25) is 0 Å². The monoisotopic (exact) mass is 343 g/mol. The van der Waals surface area contributed by atoms with E-state index in [0.717, 1.165) is 21.2 Å². The zero-order chi connectivity index (χ0) is 14.8. The van der Waals surface area contributed by atoms with Gasteiger partial charge in [-0.05, 0) is 30.2 Å². The lowest BCUT2D eigenvalue weighted by Gasteiger charge is -2.05. The molecule has 0 spiro atoms. The Morgan fingerprint density at radius 3 is 2.62 bits per heavy atom. The molecular formula is C16H14BrN3O. The van der Waals surface area contributed by atoms with Crippen LogP contribution in [0.4, 0.5) is 0 Å². The summed E-state index contributed by atoms with van der Waals surface area (Å²) in [5, 5.41) is 4.03. The van der Waals surface area contributed by atoms with E-state index < -0.39 is 6.04 Å². The van der Waals surface area contributed by atoms with E-state index in [1.54, 1.807) is 0 Å². The van der Waals surface area contributed by atoms with Gasteiger partial charge in [0.05, 0.1) is 0 Å². The molecule has 0 bridgehead atoms. The van der Waals surface area contributed by atoms with Crippen LogP contribution in [0.5, 0.6) is 0 Å². The van der Waals surface area contributed by atoms with E-state index in [1.807, 2.05) is 55.5 Å². The fraction of sp³-hybridized carbons (Fsp3) is 0.125.